The molecule has 1 heterocycles. The number of fused-ring (bicyclic) bond motifs is 1. The number of nitrogens with one attached hydrogen (secondary N) is 1. The first kappa shape index (κ1) is 7.72. The molecule has 2 aromatic rings. The van der Waals surface area contributed by atoms with Gasteiger partial charge in [-0.25, -0.2) is 0 Å². The van der Waals surface area contributed by atoms with E-state index < -0.39 is 0 Å². The smallest absolute Gasteiger partial charge is 0.117 e. The van der Waals surface area contributed by atoms with Crippen molar-refractivity contribution in [3.63, 3.8) is 0 Å². The number of amidine groups is 1. The Bertz CT molecular complexity index is 411. The second kappa shape index (κ2) is 2.85. The quantitative estimate of drug-likeness (QED) is 0.511. The van der Waals surface area contributed by atoms with Crippen LogP contribution in [0.15, 0.2) is 24.3 Å². The Labute approximate surface area is 74.7 Å². The normalized spacial score (nSPS) is 10.5. The number of rotatable bonds is 2. The molecule has 0 unspecified atom stereocenters. The lowest BCUT2D eigenvalue weighted by atomic mass is 10.3. The van der Waals surface area contributed by atoms with E-state index in [4.69, 9.17) is 11.1 Å². The molecular weight excluding hydrogens is 166 g/mol. The molecule has 0 aliphatic carbocycles. The topological polar surface area (TPSA) is 80.6 Å². The van der Waals surface area contributed by atoms with Crippen LogP contribution in [0.5, 0.6) is 0 Å². The van der Waals surface area contributed by atoms with Gasteiger partial charge in [-0.15, -0.1) is 0 Å². The van der Waals surface area contributed by atoms with Crippen molar-refractivity contribution >= 4 is 16.9 Å². The average molecular weight is 175 g/mol. The van der Waals surface area contributed by atoms with E-state index in [9.17, 15) is 0 Å². The zero-order valence-electron chi connectivity index (χ0n) is 6.94. The van der Waals surface area contributed by atoms with Crippen LogP contribution in [-0.2, 0) is 6.54 Å². The summed E-state index contributed by atoms with van der Waals surface area (Å²) in [4.78, 5) is 1.42. The van der Waals surface area contributed by atoms with Crippen LogP contribution in [0.1, 0.15) is 0 Å². The van der Waals surface area contributed by atoms with Gasteiger partial charge < -0.3 is 5.73 Å². The number of nitrogens with zero attached hydrogens (tertiary/aromatic N) is 3. The highest BCUT2D eigenvalue weighted by Gasteiger charge is 2.00. The lowest BCUT2D eigenvalue weighted by Crippen LogP contribution is -2.19. The maximum atomic E-state index is 7.08. The van der Waals surface area contributed by atoms with Gasteiger partial charge in [0.2, 0.25) is 0 Å². The van der Waals surface area contributed by atoms with Gasteiger partial charge in [-0.2, -0.15) is 15.0 Å². The van der Waals surface area contributed by atoms with E-state index in [1.807, 2.05) is 24.3 Å². The third-order valence-corrected chi connectivity index (χ3v) is 1.64. The molecule has 0 saturated carbocycles. The predicted molar refractivity (Wildman–Crippen MR) is 49.4 cm³/mol. The Balaban J connectivity index is 2.44. The van der Waals surface area contributed by atoms with Crippen LogP contribution in [0.2, 0.25) is 0 Å². The van der Waals surface area contributed by atoms with Crippen molar-refractivity contribution in [2.75, 3.05) is 0 Å². The molecule has 0 amide bonds. The number of nitrogens with two attached hydrogens (primary N) is 1. The van der Waals surface area contributed by atoms with E-state index >= 15 is 0 Å². The van der Waals surface area contributed by atoms with E-state index in [-0.39, 0.29) is 12.4 Å². The summed E-state index contributed by atoms with van der Waals surface area (Å²) >= 11 is 0. The van der Waals surface area contributed by atoms with Crippen LogP contribution in [0.4, 0.5) is 0 Å². The van der Waals surface area contributed by atoms with Crippen molar-refractivity contribution in [1.29, 1.82) is 5.41 Å². The van der Waals surface area contributed by atoms with Gasteiger partial charge in [0.25, 0.3) is 0 Å². The zero-order valence-corrected chi connectivity index (χ0v) is 6.94. The van der Waals surface area contributed by atoms with Crippen molar-refractivity contribution < 1.29 is 0 Å². The minimum absolute atomic E-state index is 0.0558. The third-order valence-electron chi connectivity index (χ3n) is 1.64. The van der Waals surface area contributed by atoms with Crippen LogP contribution >= 0.6 is 0 Å². The molecule has 0 radical (unpaired) electrons. The van der Waals surface area contributed by atoms with Gasteiger partial charge in [0.15, 0.2) is 0 Å². The van der Waals surface area contributed by atoms with Gasteiger partial charge >= 0.3 is 0 Å². The molecule has 13 heavy (non-hydrogen) atoms. The molecule has 3 N–H and O–H groups in total. The SMILES string of the molecule is N=C(N)Cn1nc2ccccc2n1. The van der Waals surface area contributed by atoms with Gasteiger partial charge in [-0.05, 0) is 12.1 Å². The van der Waals surface area contributed by atoms with Crippen LogP contribution in [0.3, 0.4) is 0 Å². The Kier molecular flexibility index (Phi) is 1.70. The second-order valence-corrected chi connectivity index (χ2v) is 2.74. The van der Waals surface area contributed by atoms with E-state index in [2.05, 4.69) is 10.2 Å². The number of hydrogen-bond donors (Lipinski definition) is 2. The monoisotopic (exact) mass is 175 g/mol. The molecule has 0 fully saturated rings. The van der Waals surface area contributed by atoms with Gasteiger partial charge in [0, 0.05) is 0 Å². The van der Waals surface area contributed by atoms with Crippen molar-refractivity contribution in [2.45, 2.75) is 6.54 Å². The number of hydrogen-bond acceptors (Lipinski definition) is 3. The van der Waals surface area contributed by atoms with Crippen LogP contribution < -0.4 is 5.73 Å². The van der Waals surface area contributed by atoms with Gasteiger partial charge in [0.1, 0.15) is 23.4 Å². The lowest BCUT2D eigenvalue weighted by molar-refractivity contribution is 0.626. The summed E-state index contributed by atoms with van der Waals surface area (Å²) in [5, 5.41) is 15.4. The fourth-order valence-electron chi connectivity index (χ4n) is 1.13. The molecule has 0 atom stereocenters. The molecular formula is C8H9N5. The molecule has 0 spiro atoms. The highest BCUT2D eigenvalue weighted by atomic mass is 15.5. The molecule has 1 aromatic heterocycles. The minimum Gasteiger partial charge on any atom is -0.386 e. The van der Waals surface area contributed by atoms with Gasteiger partial charge in [-0.3, -0.25) is 5.41 Å². The molecule has 0 bridgehead atoms. The van der Waals surface area contributed by atoms with Crippen LogP contribution in [0, 0.1) is 5.41 Å². The van der Waals surface area contributed by atoms with Crippen molar-refractivity contribution in [2.24, 2.45) is 5.73 Å². The molecule has 0 aliphatic heterocycles. The Morgan fingerprint density at radius 2 is 1.85 bits per heavy atom. The molecule has 2 rings (SSSR count). The summed E-state index contributed by atoms with van der Waals surface area (Å²) < 4.78 is 0. The summed E-state index contributed by atoms with van der Waals surface area (Å²) in [5.74, 6) is 0.0558. The van der Waals surface area contributed by atoms with Crippen LogP contribution in [0.25, 0.3) is 11.0 Å². The fraction of sp³-hybridized carbons (Fsp3) is 0.125. The molecule has 0 saturated heterocycles. The van der Waals surface area contributed by atoms with Crippen LogP contribution in [-0.4, -0.2) is 20.8 Å². The summed E-state index contributed by atoms with van der Waals surface area (Å²) in [5.41, 5.74) is 6.87. The highest BCUT2D eigenvalue weighted by Crippen LogP contribution is 2.06. The predicted octanol–water partition coefficient (Wildman–Crippen LogP) is 0.367. The first-order chi connectivity index (χ1) is 6.25. The Morgan fingerprint density at radius 3 is 2.31 bits per heavy atom. The molecule has 1 aromatic carbocycles. The number of aromatic nitrogens is 3. The zero-order chi connectivity index (χ0) is 9.26. The van der Waals surface area contributed by atoms with Crippen molar-refractivity contribution in [3.8, 4) is 0 Å². The lowest BCUT2D eigenvalue weighted by Gasteiger charge is -1.93. The largest absolute Gasteiger partial charge is 0.386 e. The van der Waals surface area contributed by atoms with Crippen molar-refractivity contribution in [1.82, 2.24) is 15.0 Å². The second-order valence-electron chi connectivity index (χ2n) is 2.74. The first-order valence-electron chi connectivity index (χ1n) is 3.88. The molecule has 0 aliphatic rings. The Morgan fingerprint density at radius 1 is 1.31 bits per heavy atom. The first-order valence-corrected chi connectivity index (χ1v) is 3.88. The summed E-state index contributed by atoms with van der Waals surface area (Å²) in [7, 11) is 0. The third kappa shape index (κ3) is 1.48. The Hall–Kier alpha value is -1.91. The maximum Gasteiger partial charge on any atom is 0.117 e. The van der Waals surface area contributed by atoms with E-state index in [1.165, 1.54) is 4.80 Å². The summed E-state index contributed by atoms with van der Waals surface area (Å²) in [6.07, 6.45) is 0. The molecule has 5 heteroatoms. The summed E-state index contributed by atoms with van der Waals surface area (Å²) in [6.45, 7) is 0.245. The van der Waals surface area contributed by atoms with Gasteiger partial charge in [0.05, 0.1) is 0 Å². The summed E-state index contributed by atoms with van der Waals surface area (Å²) in [6, 6.07) is 7.54. The minimum atomic E-state index is 0.0558. The molecule has 5 nitrogen and oxygen atoms in total. The fourth-order valence-corrected chi connectivity index (χ4v) is 1.13. The average Bonchev–Trinajstić information content (AvgIpc) is 2.44. The van der Waals surface area contributed by atoms with E-state index in [0.29, 0.717) is 0 Å². The van der Waals surface area contributed by atoms with Gasteiger partial charge in [-0.1, -0.05) is 12.1 Å². The van der Waals surface area contributed by atoms with Crippen molar-refractivity contribution in [3.05, 3.63) is 24.3 Å². The van der Waals surface area contributed by atoms with E-state index in [0.717, 1.165) is 11.0 Å². The van der Waals surface area contributed by atoms with E-state index in [1.54, 1.807) is 0 Å². The highest BCUT2D eigenvalue weighted by molar-refractivity contribution is 5.77. The number of benzene rings is 1. The standard InChI is InChI=1S/C8H9N5/c9-8(10)5-13-11-6-3-1-2-4-7(6)12-13/h1-4H,5H2,(H3,9,10). The molecule has 66 valence electrons. The maximum absolute atomic E-state index is 7.08.